The fourth-order valence-corrected chi connectivity index (χ4v) is 6.86. The first-order valence-corrected chi connectivity index (χ1v) is 18.2. The number of hydrogen-bond acceptors (Lipinski definition) is 9. The van der Waals surface area contributed by atoms with Gasteiger partial charge in [0.15, 0.2) is 5.78 Å². The molecule has 14 heteroatoms. The lowest BCUT2D eigenvalue weighted by Crippen LogP contribution is -2.29. The molecule has 3 N–H and O–H groups in total. The van der Waals surface area contributed by atoms with Crippen molar-refractivity contribution in [3.8, 4) is 11.3 Å². The van der Waals surface area contributed by atoms with Crippen molar-refractivity contribution in [2.24, 2.45) is 0 Å². The standard InChI is InChI=1S/C37H39FN2O10S/c1-39-36(43)34-30-20-29(24-7-8-24)27(19-33(30)50-35(34)25-9-11-28(38)12-10-25)22-51(46,47)40-13-15-49-17-16-48-14-3-5-23-4-2-6-26(18-23)31(41)21-32(42)37(44)45/h2,4,6,9-12,18-20,24,40H,3,5,7-8,13-17,21-22H2,1H3,(H,39,43)(H,44,45). The Bertz CT molecular complexity index is 2020. The number of nitrogens with one attached hydrogen (secondary N) is 2. The second kappa shape index (κ2) is 17.0. The predicted molar refractivity (Wildman–Crippen MR) is 186 cm³/mol. The number of furan rings is 1. The number of sulfonamides is 1. The van der Waals surface area contributed by atoms with Gasteiger partial charge in [-0.05, 0) is 90.8 Å². The molecule has 1 aromatic heterocycles. The quantitative estimate of drug-likeness (QED) is 0.0498. The predicted octanol–water partition coefficient (Wildman–Crippen LogP) is 4.79. The summed E-state index contributed by atoms with van der Waals surface area (Å²) in [7, 11) is -2.24. The number of ketones is 2. The maximum absolute atomic E-state index is 13.6. The van der Waals surface area contributed by atoms with E-state index in [2.05, 4.69) is 10.0 Å². The first-order valence-electron chi connectivity index (χ1n) is 16.5. The van der Waals surface area contributed by atoms with Gasteiger partial charge in [0.1, 0.15) is 17.2 Å². The number of aliphatic carboxylic acids is 1. The number of rotatable bonds is 20. The van der Waals surface area contributed by atoms with E-state index >= 15 is 0 Å². The van der Waals surface area contributed by atoms with Gasteiger partial charge in [0.25, 0.3) is 5.91 Å². The Morgan fingerprint density at radius 3 is 2.37 bits per heavy atom. The number of aryl methyl sites for hydroxylation is 1. The minimum atomic E-state index is -3.75. The summed E-state index contributed by atoms with van der Waals surface area (Å²) in [5, 5.41) is 11.9. The van der Waals surface area contributed by atoms with Crippen LogP contribution < -0.4 is 10.0 Å². The highest BCUT2D eigenvalue weighted by Gasteiger charge is 2.31. The molecule has 51 heavy (non-hydrogen) atoms. The number of halogens is 1. The highest BCUT2D eigenvalue weighted by molar-refractivity contribution is 7.88. The number of carbonyl (C=O) groups excluding carboxylic acids is 3. The largest absolute Gasteiger partial charge is 0.475 e. The Labute approximate surface area is 294 Å². The molecule has 1 saturated carbocycles. The van der Waals surface area contributed by atoms with E-state index in [0.717, 1.165) is 24.0 Å². The SMILES string of the molecule is CNC(=O)c1c(-c2ccc(F)cc2)oc2cc(CS(=O)(=O)NCCOCCOCCCc3cccc(C(=O)CC(=O)C(=O)O)c3)c(C3CC3)cc12. The van der Waals surface area contributed by atoms with Gasteiger partial charge in [-0.3, -0.25) is 14.4 Å². The van der Waals surface area contributed by atoms with Crippen LogP contribution in [0.3, 0.4) is 0 Å². The van der Waals surface area contributed by atoms with Crippen molar-refractivity contribution in [3.63, 3.8) is 0 Å². The van der Waals surface area contributed by atoms with Crippen LogP contribution in [0.15, 0.2) is 65.1 Å². The van der Waals surface area contributed by atoms with Gasteiger partial charge in [-0.2, -0.15) is 0 Å². The molecule has 0 spiro atoms. The minimum absolute atomic E-state index is 0.0623. The third kappa shape index (κ3) is 10.2. The zero-order valence-electron chi connectivity index (χ0n) is 28.0. The molecule has 1 amide bonds. The maximum Gasteiger partial charge on any atom is 0.372 e. The Hall–Kier alpha value is -4.76. The molecule has 1 aliphatic carbocycles. The Kier molecular flexibility index (Phi) is 12.5. The first kappa shape index (κ1) is 37.5. The normalized spacial score (nSPS) is 13.0. The summed E-state index contributed by atoms with van der Waals surface area (Å²) in [6, 6.07) is 15.8. The summed E-state index contributed by atoms with van der Waals surface area (Å²) < 4.78 is 59.6. The topological polar surface area (TPSA) is 178 Å². The Balaban J connectivity index is 1.07. The molecule has 1 fully saturated rings. The second-order valence-corrected chi connectivity index (χ2v) is 14.0. The van der Waals surface area contributed by atoms with Crippen LogP contribution in [0.25, 0.3) is 22.3 Å². The molecule has 0 atom stereocenters. The van der Waals surface area contributed by atoms with Gasteiger partial charge in [-0.25, -0.2) is 22.3 Å². The number of fused-ring (bicyclic) bond motifs is 1. The lowest BCUT2D eigenvalue weighted by Gasteiger charge is -2.12. The fraction of sp³-hybridized carbons (Fsp3) is 0.351. The summed E-state index contributed by atoms with van der Waals surface area (Å²) in [6.45, 7) is 1.18. The van der Waals surface area contributed by atoms with E-state index in [9.17, 15) is 32.0 Å². The van der Waals surface area contributed by atoms with E-state index < -0.39 is 39.8 Å². The molecule has 270 valence electrons. The molecule has 0 bridgehead atoms. The van der Waals surface area contributed by atoms with Crippen molar-refractivity contribution in [1.82, 2.24) is 10.0 Å². The smallest absolute Gasteiger partial charge is 0.372 e. The molecule has 1 aliphatic rings. The van der Waals surface area contributed by atoms with Crippen LogP contribution in [0.5, 0.6) is 0 Å². The summed E-state index contributed by atoms with van der Waals surface area (Å²) in [5.74, 6) is -3.94. The molecule has 3 aromatic carbocycles. The third-order valence-electron chi connectivity index (χ3n) is 8.38. The van der Waals surface area contributed by atoms with Crippen LogP contribution in [0.2, 0.25) is 0 Å². The van der Waals surface area contributed by atoms with Gasteiger partial charge in [0.05, 0.1) is 37.6 Å². The molecular weight excluding hydrogens is 683 g/mol. The number of carboxylic acid groups (broad SMARTS) is 1. The van der Waals surface area contributed by atoms with Crippen molar-refractivity contribution in [3.05, 3.63) is 94.3 Å². The number of hydrogen-bond donors (Lipinski definition) is 3. The van der Waals surface area contributed by atoms with E-state index in [0.29, 0.717) is 53.7 Å². The van der Waals surface area contributed by atoms with Crippen LogP contribution in [-0.2, 0) is 41.3 Å². The molecule has 1 heterocycles. The fourth-order valence-electron chi connectivity index (χ4n) is 5.71. The summed E-state index contributed by atoms with van der Waals surface area (Å²) >= 11 is 0. The summed E-state index contributed by atoms with van der Waals surface area (Å²) in [5.41, 5.74) is 3.76. The van der Waals surface area contributed by atoms with Gasteiger partial charge >= 0.3 is 5.97 Å². The molecule has 5 rings (SSSR count). The van der Waals surface area contributed by atoms with Crippen LogP contribution in [0.4, 0.5) is 4.39 Å². The average molecular weight is 723 g/mol. The lowest BCUT2D eigenvalue weighted by atomic mass is 9.98. The molecule has 12 nitrogen and oxygen atoms in total. The molecule has 0 saturated heterocycles. The summed E-state index contributed by atoms with van der Waals surface area (Å²) in [4.78, 5) is 47.1. The van der Waals surface area contributed by atoms with E-state index in [1.807, 2.05) is 12.1 Å². The number of Topliss-reactive ketones (excluding diaryl/α,β-unsaturated/α-hetero) is 2. The minimum Gasteiger partial charge on any atom is -0.475 e. The van der Waals surface area contributed by atoms with E-state index in [4.69, 9.17) is 19.0 Å². The maximum atomic E-state index is 13.6. The average Bonchev–Trinajstić information content (AvgIpc) is 3.89. The Morgan fingerprint density at radius 2 is 1.69 bits per heavy atom. The lowest BCUT2D eigenvalue weighted by molar-refractivity contribution is -0.148. The van der Waals surface area contributed by atoms with Gasteiger partial charge in [-0.15, -0.1) is 0 Å². The first-order chi connectivity index (χ1) is 24.5. The second-order valence-electron chi connectivity index (χ2n) is 12.2. The van der Waals surface area contributed by atoms with E-state index in [1.165, 1.54) is 37.4 Å². The van der Waals surface area contributed by atoms with Crippen molar-refractivity contribution < 1.29 is 51.0 Å². The monoisotopic (exact) mass is 722 g/mol. The summed E-state index contributed by atoms with van der Waals surface area (Å²) in [6.07, 6.45) is 2.40. The molecular formula is C37H39FN2O10S. The van der Waals surface area contributed by atoms with Gasteiger partial charge in [0, 0.05) is 36.7 Å². The van der Waals surface area contributed by atoms with Gasteiger partial charge in [-0.1, -0.05) is 18.2 Å². The number of carboxylic acids is 1. The van der Waals surface area contributed by atoms with Crippen LogP contribution >= 0.6 is 0 Å². The highest BCUT2D eigenvalue weighted by Crippen LogP contribution is 2.45. The van der Waals surface area contributed by atoms with E-state index in [1.54, 1.807) is 18.2 Å². The molecule has 0 aliphatic heterocycles. The molecule has 0 unspecified atom stereocenters. The number of amides is 1. The Morgan fingerprint density at radius 1 is 0.961 bits per heavy atom. The highest BCUT2D eigenvalue weighted by atomic mass is 32.2. The van der Waals surface area contributed by atoms with Crippen LogP contribution in [0, 0.1) is 5.82 Å². The number of benzene rings is 3. The number of ether oxygens (including phenoxy) is 2. The number of carbonyl (C=O) groups is 4. The van der Waals surface area contributed by atoms with E-state index in [-0.39, 0.29) is 48.7 Å². The van der Waals surface area contributed by atoms with Crippen molar-refractivity contribution in [2.45, 2.75) is 43.8 Å². The van der Waals surface area contributed by atoms with Crippen LogP contribution in [0.1, 0.15) is 69.0 Å². The van der Waals surface area contributed by atoms with Crippen molar-refractivity contribution in [1.29, 1.82) is 0 Å². The van der Waals surface area contributed by atoms with Crippen molar-refractivity contribution >= 4 is 44.4 Å². The van der Waals surface area contributed by atoms with Crippen LogP contribution in [-0.4, -0.2) is 77.0 Å². The van der Waals surface area contributed by atoms with Gasteiger partial charge in [0.2, 0.25) is 15.8 Å². The molecule has 4 aromatic rings. The third-order valence-corrected chi connectivity index (χ3v) is 9.71. The van der Waals surface area contributed by atoms with Gasteiger partial charge < -0.3 is 24.3 Å². The molecule has 0 radical (unpaired) electrons. The zero-order valence-corrected chi connectivity index (χ0v) is 28.9. The zero-order chi connectivity index (χ0) is 36.5. The van der Waals surface area contributed by atoms with Crippen molar-refractivity contribution in [2.75, 3.05) is 40.0 Å².